The van der Waals surface area contributed by atoms with E-state index in [1.54, 1.807) is 24.3 Å². The number of nitrogens with zero attached hydrogens (tertiary/aromatic N) is 1. The molecule has 0 aliphatic heterocycles. The molecule has 1 unspecified atom stereocenters. The smallest absolute Gasteiger partial charge is 0.261 e. The molecule has 0 bridgehead atoms. The van der Waals surface area contributed by atoms with Crippen molar-refractivity contribution in [2.45, 2.75) is 6.04 Å². The highest BCUT2D eigenvalue weighted by Gasteiger charge is 2.18. The molecule has 0 saturated carbocycles. The summed E-state index contributed by atoms with van der Waals surface area (Å²) in [6.07, 6.45) is 1.48. The number of ether oxygens (including phenoxy) is 1. The molecule has 4 aromatic rings. The standard InChI is InChI=1S/C25H21Cl2N5O4.ClH/c1-36-22-10-19-15(12-29-22)8-17(24(34)30-19)25(35)31-20-9-14(5-6-18(20)27)23(33)32-21(11-28)13-3-2-4-16(26)7-13;/h2-10,12,21H,11,28H2,1H3,(H,30,34)(H,31,35)(H,32,33);1H. The van der Waals surface area contributed by atoms with Gasteiger partial charge < -0.3 is 26.1 Å². The molecule has 9 nitrogen and oxygen atoms in total. The van der Waals surface area contributed by atoms with E-state index in [0.29, 0.717) is 21.8 Å². The van der Waals surface area contributed by atoms with E-state index in [9.17, 15) is 14.4 Å². The van der Waals surface area contributed by atoms with Gasteiger partial charge in [-0.2, -0.15) is 0 Å². The molecule has 0 radical (unpaired) electrons. The number of aromatic amines is 1. The number of nitrogens with two attached hydrogens (primary N) is 1. The number of rotatable bonds is 7. The Bertz CT molecular complexity index is 1530. The van der Waals surface area contributed by atoms with Crippen LogP contribution >= 0.6 is 35.6 Å². The predicted octanol–water partition coefficient (Wildman–Crippen LogP) is 4.34. The van der Waals surface area contributed by atoms with Gasteiger partial charge >= 0.3 is 0 Å². The third-order valence-electron chi connectivity index (χ3n) is 5.42. The first-order chi connectivity index (χ1) is 17.3. The zero-order chi connectivity index (χ0) is 25.8. The summed E-state index contributed by atoms with van der Waals surface area (Å²) in [5.74, 6) is -0.808. The number of carbonyl (C=O) groups is 2. The molecule has 5 N–H and O–H groups in total. The molecule has 2 aromatic carbocycles. The van der Waals surface area contributed by atoms with Gasteiger partial charge in [-0.05, 0) is 42.0 Å². The molecule has 1 atom stereocenters. The maximum Gasteiger partial charge on any atom is 0.261 e. The minimum Gasteiger partial charge on any atom is -0.481 e. The summed E-state index contributed by atoms with van der Waals surface area (Å²) in [5.41, 5.74) is 6.72. The van der Waals surface area contributed by atoms with Gasteiger partial charge in [0, 0.05) is 34.8 Å². The molecule has 0 spiro atoms. The molecular formula is C25H22Cl3N5O4. The molecule has 0 saturated heterocycles. The van der Waals surface area contributed by atoms with Crippen molar-refractivity contribution in [2.24, 2.45) is 5.73 Å². The number of hydrogen-bond acceptors (Lipinski definition) is 6. The number of pyridine rings is 2. The van der Waals surface area contributed by atoms with Crippen LogP contribution < -0.4 is 26.7 Å². The summed E-state index contributed by atoms with van der Waals surface area (Å²) in [5, 5.41) is 6.69. The van der Waals surface area contributed by atoms with Crippen LogP contribution in [-0.2, 0) is 0 Å². The summed E-state index contributed by atoms with van der Waals surface area (Å²) < 4.78 is 5.05. The molecule has 0 aliphatic rings. The van der Waals surface area contributed by atoms with E-state index in [2.05, 4.69) is 20.6 Å². The van der Waals surface area contributed by atoms with Gasteiger partial charge in [0.15, 0.2) is 0 Å². The molecule has 0 fully saturated rings. The third-order valence-corrected chi connectivity index (χ3v) is 5.99. The fraction of sp³-hybridized carbons (Fsp3) is 0.120. The first-order valence-corrected chi connectivity index (χ1v) is 11.5. The lowest BCUT2D eigenvalue weighted by Crippen LogP contribution is -2.33. The second kappa shape index (κ2) is 12.1. The van der Waals surface area contributed by atoms with Crippen molar-refractivity contribution >= 4 is 64.0 Å². The number of nitrogens with one attached hydrogen (secondary N) is 3. The summed E-state index contributed by atoms with van der Waals surface area (Å²) in [6, 6.07) is 13.9. The fourth-order valence-corrected chi connectivity index (χ4v) is 3.92. The minimum absolute atomic E-state index is 0. The van der Waals surface area contributed by atoms with Gasteiger partial charge in [-0.1, -0.05) is 35.3 Å². The zero-order valence-corrected chi connectivity index (χ0v) is 21.7. The van der Waals surface area contributed by atoms with Gasteiger partial charge in [-0.15, -0.1) is 12.4 Å². The van der Waals surface area contributed by atoms with Crippen LogP contribution in [0, 0.1) is 0 Å². The van der Waals surface area contributed by atoms with Crippen molar-refractivity contribution in [3.05, 3.63) is 97.9 Å². The van der Waals surface area contributed by atoms with Gasteiger partial charge in [0.2, 0.25) is 5.88 Å². The number of carbonyl (C=O) groups excluding carboxylic acids is 2. The Morgan fingerprint density at radius 3 is 2.59 bits per heavy atom. The maximum absolute atomic E-state index is 12.9. The first kappa shape index (κ1) is 27.9. The highest BCUT2D eigenvalue weighted by Crippen LogP contribution is 2.25. The molecule has 2 heterocycles. The molecular weight excluding hydrogens is 541 g/mol. The van der Waals surface area contributed by atoms with Crippen molar-refractivity contribution in [2.75, 3.05) is 19.0 Å². The van der Waals surface area contributed by atoms with Crippen LogP contribution in [0.3, 0.4) is 0 Å². The quantitative estimate of drug-likeness (QED) is 0.264. The molecule has 37 heavy (non-hydrogen) atoms. The van der Waals surface area contributed by atoms with Gasteiger partial charge in [0.25, 0.3) is 17.4 Å². The number of fused-ring (bicyclic) bond motifs is 1. The van der Waals surface area contributed by atoms with Crippen molar-refractivity contribution in [3.63, 3.8) is 0 Å². The second-order valence-electron chi connectivity index (χ2n) is 7.79. The van der Waals surface area contributed by atoms with Crippen LogP contribution in [0.15, 0.2) is 65.6 Å². The number of methoxy groups -OCH3 is 1. The summed E-state index contributed by atoms with van der Waals surface area (Å²) in [6.45, 7) is 0.148. The van der Waals surface area contributed by atoms with E-state index in [4.69, 9.17) is 33.7 Å². The van der Waals surface area contributed by atoms with E-state index in [1.807, 2.05) is 6.07 Å². The predicted molar refractivity (Wildman–Crippen MR) is 146 cm³/mol. The largest absolute Gasteiger partial charge is 0.481 e. The maximum atomic E-state index is 12.9. The number of H-pyrrole nitrogens is 1. The monoisotopic (exact) mass is 561 g/mol. The van der Waals surface area contributed by atoms with Crippen LogP contribution in [0.2, 0.25) is 10.0 Å². The molecule has 0 aliphatic carbocycles. The average molecular weight is 563 g/mol. The van der Waals surface area contributed by atoms with Crippen LogP contribution in [0.4, 0.5) is 5.69 Å². The van der Waals surface area contributed by atoms with E-state index >= 15 is 0 Å². The number of hydrogen-bond donors (Lipinski definition) is 4. The first-order valence-electron chi connectivity index (χ1n) is 10.7. The van der Waals surface area contributed by atoms with Crippen LogP contribution in [-0.4, -0.2) is 35.4 Å². The Labute approximate surface area is 227 Å². The van der Waals surface area contributed by atoms with Crippen molar-refractivity contribution in [1.29, 1.82) is 0 Å². The topological polar surface area (TPSA) is 139 Å². The number of anilines is 1. The van der Waals surface area contributed by atoms with Gasteiger partial charge in [-0.25, -0.2) is 4.98 Å². The minimum atomic E-state index is -0.702. The van der Waals surface area contributed by atoms with E-state index in [-0.39, 0.29) is 40.8 Å². The molecule has 192 valence electrons. The van der Waals surface area contributed by atoms with Gasteiger partial charge in [0.05, 0.1) is 29.4 Å². The summed E-state index contributed by atoms with van der Waals surface area (Å²) in [7, 11) is 1.46. The lowest BCUT2D eigenvalue weighted by atomic mass is 10.1. The molecule has 2 aromatic heterocycles. The van der Waals surface area contributed by atoms with Gasteiger partial charge in [-0.3, -0.25) is 14.4 Å². The van der Waals surface area contributed by atoms with Gasteiger partial charge in [0.1, 0.15) is 5.56 Å². The summed E-state index contributed by atoms with van der Waals surface area (Å²) in [4.78, 5) is 45.1. The second-order valence-corrected chi connectivity index (χ2v) is 8.64. The zero-order valence-electron chi connectivity index (χ0n) is 19.4. The Balaban J connectivity index is 0.00000380. The lowest BCUT2D eigenvalue weighted by Gasteiger charge is -2.18. The van der Waals surface area contributed by atoms with Crippen molar-refractivity contribution in [3.8, 4) is 5.88 Å². The highest BCUT2D eigenvalue weighted by atomic mass is 35.5. The molecule has 12 heteroatoms. The van der Waals surface area contributed by atoms with E-state index < -0.39 is 23.4 Å². The lowest BCUT2D eigenvalue weighted by molar-refractivity contribution is 0.0936. The normalized spacial score (nSPS) is 11.4. The average Bonchev–Trinajstić information content (AvgIpc) is 2.87. The van der Waals surface area contributed by atoms with Crippen molar-refractivity contribution < 1.29 is 14.3 Å². The van der Waals surface area contributed by atoms with Crippen LogP contribution in [0.1, 0.15) is 32.3 Å². The number of amides is 2. The Hall–Kier alpha value is -3.63. The van der Waals surface area contributed by atoms with Crippen molar-refractivity contribution in [1.82, 2.24) is 15.3 Å². The number of halogens is 3. The third kappa shape index (κ3) is 6.39. The number of aromatic nitrogens is 2. The molecule has 4 rings (SSSR count). The number of benzene rings is 2. The van der Waals surface area contributed by atoms with E-state index in [0.717, 1.165) is 5.56 Å². The van der Waals surface area contributed by atoms with Crippen LogP contribution in [0.5, 0.6) is 5.88 Å². The Morgan fingerprint density at radius 1 is 1.11 bits per heavy atom. The fourth-order valence-electron chi connectivity index (χ4n) is 3.56. The van der Waals surface area contributed by atoms with Crippen LogP contribution in [0.25, 0.3) is 10.9 Å². The molecule has 2 amide bonds. The SMILES string of the molecule is COc1cc2[nH]c(=O)c(C(=O)Nc3cc(C(=O)NC(CN)c4cccc(Cl)c4)ccc3Cl)cc2cn1.Cl. The highest BCUT2D eigenvalue weighted by molar-refractivity contribution is 6.34. The van der Waals surface area contributed by atoms with E-state index in [1.165, 1.54) is 37.6 Å². The Kier molecular flexibility index (Phi) is 9.12. The Morgan fingerprint density at radius 2 is 1.89 bits per heavy atom. The summed E-state index contributed by atoms with van der Waals surface area (Å²) >= 11 is 12.3.